The number of carbonyl (C=O) groups is 2. The van der Waals surface area contributed by atoms with Gasteiger partial charge in [-0.1, -0.05) is 0 Å². The number of ether oxygens (including phenoxy) is 2. The summed E-state index contributed by atoms with van der Waals surface area (Å²) < 4.78 is 53.7. The van der Waals surface area contributed by atoms with E-state index < -0.39 is 62.7 Å². The number of likely N-dealkylation sites (tertiary alicyclic amines) is 1. The predicted octanol–water partition coefficient (Wildman–Crippen LogP) is 0.847. The van der Waals surface area contributed by atoms with Crippen molar-refractivity contribution >= 4 is 22.1 Å². The van der Waals surface area contributed by atoms with E-state index in [9.17, 15) is 27.5 Å². The van der Waals surface area contributed by atoms with Crippen LogP contribution in [-0.2, 0) is 26.5 Å². The molecular formula is C18H28FN3O7S. The van der Waals surface area contributed by atoms with Gasteiger partial charge in [-0.15, -0.1) is 0 Å². The Morgan fingerprint density at radius 2 is 1.97 bits per heavy atom. The van der Waals surface area contributed by atoms with Crippen molar-refractivity contribution < 1.29 is 37.0 Å². The highest BCUT2D eigenvalue weighted by atomic mass is 32.2. The van der Waals surface area contributed by atoms with Gasteiger partial charge in [0.15, 0.2) is 11.5 Å². The fraction of sp³-hybridized carbons (Fsp3) is 0.667. The molecule has 170 valence electrons. The molecule has 1 amide bonds. The van der Waals surface area contributed by atoms with E-state index in [-0.39, 0.29) is 19.7 Å². The lowest BCUT2D eigenvalue weighted by Gasteiger charge is -2.24. The molecule has 30 heavy (non-hydrogen) atoms. The largest absolute Gasteiger partial charge is 0.461 e. The first-order valence-electron chi connectivity index (χ1n) is 9.43. The number of rotatable bonds is 6. The van der Waals surface area contributed by atoms with E-state index in [0.29, 0.717) is 0 Å². The molecule has 0 unspecified atom stereocenters. The molecule has 1 aromatic rings. The summed E-state index contributed by atoms with van der Waals surface area (Å²) in [5, 5.41) is 9.62. The van der Waals surface area contributed by atoms with Crippen molar-refractivity contribution in [1.29, 1.82) is 0 Å². The maximum atomic E-state index is 14.7. The molecule has 1 saturated heterocycles. The molecule has 0 spiro atoms. The van der Waals surface area contributed by atoms with Crippen molar-refractivity contribution in [2.24, 2.45) is 13.0 Å². The van der Waals surface area contributed by atoms with Gasteiger partial charge >= 0.3 is 12.1 Å². The van der Waals surface area contributed by atoms with Crippen molar-refractivity contribution in [2.45, 2.75) is 44.2 Å². The first kappa shape index (κ1) is 24.1. The molecule has 10 nitrogen and oxygen atoms in total. The Kier molecular flexibility index (Phi) is 7.15. The van der Waals surface area contributed by atoms with Gasteiger partial charge in [-0.05, 0) is 27.7 Å². The molecule has 1 aliphatic rings. The molecule has 0 saturated carbocycles. The van der Waals surface area contributed by atoms with E-state index in [1.807, 2.05) is 0 Å². The van der Waals surface area contributed by atoms with E-state index in [1.165, 1.54) is 11.9 Å². The average molecular weight is 450 g/mol. The van der Waals surface area contributed by atoms with Crippen molar-refractivity contribution in [3.63, 3.8) is 0 Å². The van der Waals surface area contributed by atoms with Crippen molar-refractivity contribution in [1.82, 2.24) is 14.2 Å². The van der Waals surface area contributed by atoms with Gasteiger partial charge in [0.25, 0.3) is 0 Å². The summed E-state index contributed by atoms with van der Waals surface area (Å²) in [4.78, 5) is 24.7. The zero-order chi connectivity index (χ0) is 22.9. The molecule has 2 rings (SSSR count). The van der Waals surface area contributed by atoms with Crippen LogP contribution in [0.2, 0.25) is 0 Å². The van der Waals surface area contributed by atoms with Crippen LogP contribution in [-0.4, -0.2) is 73.0 Å². The summed E-state index contributed by atoms with van der Waals surface area (Å²) in [6.07, 6.45) is 0.330. The van der Waals surface area contributed by atoms with Gasteiger partial charge in [-0.2, -0.15) is 0 Å². The highest BCUT2D eigenvalue weighted by molar-refractivity contribution is 7.89. The number of aliphatic hydroxyl groups excluding tert-OH is 1. The number of nitrogens with one attached hydrogen (secondary N) is 1. The fourth-order valence-corrected chi connectivity index (χ4v) is 4.54. The Hall–Kier alpha value is -2.18. The SMILES string of the molecule is CCOC(=O)c1c(F)c(S(=O)(=O)N[C@@H]2CN(C(=O)OC(C)(C)C)C[C@@H]2CO)cn1C. The Morgan fingerprint density at radius 3 is 2.50 bits per heavy atom. The van der Waals surface area contributed by atoms with Crippen LogP contribution >= 0.6 is 0 Å². The highest BCUT2D eigenvalue weighted by Crippen LogP contribution is 2.25. The number of carbonyl (C=O) groups excluding carboxylic acids is 2. The highest BCUT2D eigenvalue weighted by Gasteiger charge is 2.40. The second-order valence-electron chi connectivity index (χ2n) is 8.04. The zero-order valence-corrected chi connectivity index (χ0v) is 18.5. The molecule has 2 heterocycles. The van der Waals surface area contributed by atoms with Crippen LogP contribution in [0.4, 0.5) is 9.18 Å². The number of halogens is 1. The van der Waals surface area contributed by atoms with Gasteiger partial charge in [0.05, 0.1) is 6.61 Å². The second-order valence-corrected chi connectivity index (χ2v) is 9.73. The maximum Gasteiger partial charge on any atom is 0.410 e. The third kappa shape index (κ3) is 5.29. The normalized spacial score (nSPS) is 19.8. The number of aliphatic hydroxyl groups is 1. The van der Waals surface area contributed by atoms with E-state index >= 15 is 0 Å². The summed E-state index contributed by atoms with van der Waals surface area (Å²) in [5.41, 5.74) is -1.25. The van der Waals surface area contributed by atoms with E-state index in [2.05, 4.69) is 4.72 Å². The van der Waals surface area contributed by atoms with Crippen LogP contribution in [0.5, 0.6) is 0 Å². The number of nitrogens with zero attached hydrogens (tertiary/aromatic N) is 2. The van der Waals surface area contributed by atoms with Gasteiger partial charge in [0.2, 0.25) is 10.0 Å². The Morgan fingerprint density at radius 1 is 1.33 bits per heavy atom. The topological polar surface area (TPSA) is 127 Å². The Balaban J connectivity index is 2.23. The second kappa shape index (κ2) is 8.90. The van der Waals surface area contributed by atoms with Crippen molar-refractivity contribution in [2.75, 3.05) is 26.3 Å². The molecule has 1 aromatic heterocycles. The molecule has 2 atom stereocenters. The molecule has 1 fully saturated rings. The van der Waals surface area contributed by atoms with Crippen molar-refractivity contribution in [3.05, 3.63) is 17.7 Å². The summed E-state index contributed by atoms with van der Waals surface area (Å²) in [6.45, 7) is 6.27. The first-order valence-corrected chi connectivity index (χ1v) is 10.9. The van der Waals surface area contributed by atoms with E-state index in [4.69, 9.17) is 9.47 Å². The maximum absolute atomic E-state index is 14.7. The van der Waals surface area contributed by atoms with Gasteiger partial charge in [0.1, 0.15) is 10.5 Å². The number of aromatic nitrogens is 1. The van der Waals surface area contributed by atoms with Crippen LogP contribution in [0.25, 0.3) is 0 Å². The molecule has 12 heteroatoms. The quantitative estimate of drug-likeness (QED) is 0.616. The zero-order valence-electron chi connectivity index (χ0n) is 17.6. The van der Waals surface area contributed by atoms with Gasteiger partial charge in [0, 0.05) is 44.9 Å². The molecule has 2 N–H and O–H groups in total. The van der Waals surface area contributed by atoms with Crippen LogP contribution in [0, 0.1) is 11.7 Å². The number of hydrogen-bond donors (Lipinski definition) is 2. The minimum absolute atomic E-state index is 0.00450. The number of amides is 1. The monoisotopic (exact) mass is 449 g/mol. The minimum Gasteiger partial charge on any atom is -0.461 e. The van der Waals surface area contributed by atoms with Gasteiger partial charge in [-0.25, -0.2) is 27.1 Å². The average Bonchev–Trinajstić information content (AvgIpc) is 3.14. The molecule has 0 aliphatic carbocycles. The lowest BCUT2D eigenvalue weighted by molar-refractivity contribution is 0.0282. The van der Waals surface area contributed by atoms with Gasteiger partial charge in [-0.3, -0.25) is 0 Å². The van der Waals surface area contributed by atoms with Gasteiger partial charge < -0.3 is 24.0 Å². The molecule has 0 bridgehead atoms. The number of aryl methyl sites for hydroxylation is 1. The summed E-state index contributed by atoms with van der Waals surface area (Å²) in [7, 11) is -3.07. The number of sulfonamides is 1. The minimum atomic E-state index is -4.40. The molecule has 0 radical (unpaired) electrons. The molecule has 0 aromatic carbocycles. The third-order valence-electron chi connectivity index (χ3n) is 4.48. The number of hydrogen-bond acceptors (Lipinski definition) is 7. The van der Waals surface area contributed by atoms with Crippen LogP contribution in [0.1, 0.15) is 38.2 Å². The van der Waals surface area contributed by atoms with Crippen LogP contribution < -0.4 is 4.72 Å². The predicted molar refractivity (Wildman–Crippen MR) is 104 cm³/mol. The lowest BCUT2D eigenvalue weighted by atomic mass is 10.1. The van der Waals surface area contributed by atoms with E-state index in [1.54, 1.807) is 27.7 Å². The fourth-order valence-electron chi connectivity index (χ4n) is 3.12. The third-order valence-corrected chi connectivity index (χ3v) is 5.96. The molecule has 1 aliphatic heterocycles. The van der Waals surface area contributed by atoms with Crippen molar-refractivity contribution in [3.8, 4) is 0 Å². The smallest absolute Gasteiger partial charge is 0.410 e. The Labute approximate surface area is 175 Å². The first-order chi connectivity index (χ1) is 13.8. The van der Waals surface area contributed by atoms with E-state index in [0.717, 1.165) is 10.8 Å². The summed E-state index contributed by atoms with van der Waals surface area (Å²) in [6, 6.07) is -0.863. The standard InChI is InChI=1S/C18H28FN3O7S/c1-6-28-16(24)15-14(19)13(9-21(15)5)30(26,27)20-12-8-22(7-11(12)10-23)17(25)29-18(2,3)4/h9,11-12,20,23H,6-8,10H2,1-5H3/t11-,12-/m1/s1. The lowest BCUT2D eigenvalue weighted by Crippen LogP contribution is -2.42. The summed E-state index contributed by atoms with van der Waals surface area (Å²) >= 11 is 0. The van der Waals surface area contributed by atoms with Crippen LogP contribution in [0.15, 0.2) is 11.1 Å². The summed E-state index contributed by atoms with van der Waals surface area (Å²) in [5.74, 6) is -2.82. The van der Waals surface area contributed by atoms with Crippen LogP contribution in [0.3, 0.4) is 0 Å². The molecular weight excluding hydrogens is 421 g/mol. The number of esters is 1. The Bertz CT molecular complexity index is 908.